The van der Waals surface area contributed by atoms with Crippen molar-refractivity contribution in [1.82, 2.24) is 4.31 Å². The van der Waals surface area contributed by atoms with Crippen LogP contribution in [0.5, 0.6) is 0 Å². The number of nitrogens with zero attached hydrogens (tertiary/aromatic N) is 1. The lowest BCUT2D eigenvalue weighted by Gasteiger charge is -2.33. The molecular weight excluding hydrogens is 380 g/mol. The maximum absolute atomic E-state index is 13.6. The molecule has 1 aromatic carbocycles. The molecule has 0 saturated carbocycles. The summed E-state index contributed by atoms with van der Waals surface area (Å²) in [5.41, 5.74) is -0.682. The van der Waals surface area contributed by atoms with E-state index in [0.29, 0.717) is 5.33 Å². The maximum Gasteiger partial charge on any atom is 0.244 e. The van der Waals surface area contributed by atoms with Crippen molar-refractivity contribution < 1.29 is 12.8 Å². The molecule has 0 N–H and O–H groups in total. The largest absolute Gasteiger partial charge is 0.244 e. The second-order valence-corrected chi connectivity index (χ2v) is 7.88. The Bertz CT molecular complexity index is 593. The van der Waals surface area contributed by atoms with Gasteiger partial charge in [0.1, 0.15) is 4.90 Å². The molecule has 0 amide bonds. The zero-order valence-corrected chi connectivity index (χ0v) is 14.5. The van der Waals surface area contributed by atoms with E-state index >= 15 is 0 Å². The molecule has 0 aromatic heterocycles. The minimum absolute atomic E-state index is 0.216. The molecule has 0 radical (unpaired) electrons. The third-order valence-corrected chi connectivity index (χ3v) is 7.07. The van der Waals surface area contributed by atoms with Gasteiger partial charge in [0.2, 0.25) is 10.0 Å². The van der Waals surface area contributed by atoms with Crippen LogP contribution in [0.1, 0.15) is 13.8 Å². The summed E-state index contributed by atoms with van der Waals surface area (Å²) in [6.07, 6.45) is 0. The van der Waals surface area contributed by atoms with Gasteiger partial charge < -0.3 is 0 Å². The van der Waals surface area contributed by atoms with Gasteiger partial charge in [-0.25, -0.2) is 12.8 Å². The van der Waals surface area contributed by atoms with E-state index in [1.165, 1.54) is 19.2 Å². The van der Waals surface area contributed by atoms with Gasteiger partial charge in [-0.15, -0.1) is 0 Å². The van der Waals surface area contributed by atoms with Crippen molar-refractivity contribution >= 4 is 49.2 Å². The Morgan fingerprint density at radius 2 is 1.89 bits per heavy atom. The van der Waals surface area contributed by atoms with E-state index in [1.54, 1.807) is 13.8 Å². The Hall–Kier alpha value is 0.120. The van der Waals surface area contributed by atoms with Gasteiger partial charge in [0, 0.05) is 17.9 Å². The van der Waals surface area contributed by atoms with E-state index in [0.717, 1.165) is 4.31 Å². The molecule has 1 aromatic rings. The van der Waals surface area contributed by atoms with Crippen LogP contribution in [0.15, 0.2) is 17.0 Å². The molecule has 0 aliphatic carbocycles. The summed E-state index contributed by atoms with van der Waals surface area (Å²) >= 11 is 14.5. The summed E-state index contributed by atoms with van der Waals surface area (Å²) in [5.74, 6) is -0.936. The predicted octanol–water partition coefficient (Wildman–Crippen LogP) is 3.93. The minimum atomic E-state index is -3.91. The number of alkyl halides is 1. The number of halogens is 4. The quantitative estimate of drug-likeness (QED) is 0.575. The van der Waals surface area contributed by atoms with E-state index in [-0.39, 0.29) is 9.92 Å². The SMILES string of the molecule is CN(C(C)(C)CBr)S(=O)(=O)c1ccc(Cl)c(F)c1Cl. The zero-order chi connectivity index (χ0) is 15.0. The monoisotopic (exact) mass is 391 g/mol. The summed E-state index contributed by atoms with van der Waals surface area (Å²) < 4.78 is 39.6. The average molecular weight is 393 g/mol. The molecule has 19 heavy (non-hydrogen) atoms. The van der Waals surface area contributed by atoms with Crippen molar-refractivity contribution in [3.63, 3.8) is 0 Å². The lowest BCUT2D eigenvalue weighted by molar-refractivity contribution is 0.299. The number of sulfonamides is 1. The van der Waals surface area contributed by atoms with Crippen LogP contribution in [-0.2, 0) is 10.0 Å². The Morgan fingerprint density at radius 1 is 1.37 bits per heavy atom. The summed E-state index contributed by atoms with van der Waals surface area (Å²) in [4.78, 5) is -0.299. The highest BCUT2D eigenvalue weighted by Gasteiger charge is 2.35. The standard InChI is InChI=1S/C11H13BrCl2FNO2S/c1-11(2,6-12)16(3)19(17,18)8-5-4-7(13)10(15)9(8)14/h4-5H,6H2,1-3H3. The fourth-order valence-corrected chi connectivity index (χ4v) is 4.04. The lowest BCUT2D eigenvalue weighted by atomic mass is 10.1. The summed E-state index contributed by atoms with van der Waals surface area (Å²) in [6, 6.07) is 2.37. The number of benzene rings is 1. The van der Waals surface area contributed by atoms with E-state index in [4.69, 9.17) is 23.2 Å². The Kier molecular flexibility index (Phi) is 5.29. The van der Waals surface area contributed by atoms with Gasteiger partial charge in [-0.1, -0.05) is 39.1 Å². The first-order chi connectivity index (χ1) is 8.55. The van der Waals surface area contributed by atoms with Gasteiger partial charge in [-0.2, -0.15) is 4.31 Å². The van der Waals surface area contributed by atoms with Crippen LogP contribution in [0.2, 0.25) is 10.0 Å². The van der Waals surface area contributed by atoms with Gasteiger partial charge in [-0.3, -0.25) is 0 Å². The fourth-order valence-electron chi connectivity index (χ4n) is 1.26. The molecule has 108 valence electrons. The Labute approximate surface area is 130 Å². The molecule has 0 bridgehead atoms. The smallest absolute Gasteiger partial charge is 0.207 e. The highest BCUT2D eigenvalue weighted by atomic mass is 79.9. The second-order valence-electron chi connectivity index (χ2n) is 4.59. The van der Waals surface area contributed by atoms with Crippen molar-refractivity contribution in [2.45, 2.75) is 24.3 Å². The molecule has 0 unspecified atom stereocenters. The third-order valence-electron chi connectivity index (χ3n) is 2.82. The molecular formula is C11H13BrCl2FNO2S. The van der Waals surface area contributed by atoms with Crippen LogP contribution in [0.25, 0.3) is 0 Å². The first-order valence-corrected chi connectivity index (χ1v) is 8.56. The van der Waals surface area contributed by atoms with E-state index < -0.39 is 26.4 Å². The number of hydrogen-bond donors (Lipinski definition) is 0. The zero-order valence-electron chi connectivity index (χ0n) is 10.5. The molecule has 3 nitrogen and oxygen atoms in total. The van der Waals surface area contributed by atoms with Gasteiger partial charge in [0.25, 0.3) is 0 Å². The predicted molar refractivity (Wildman–Crippen MR) is 79.2 cm³/mol. The van der Waals surface area contributed by atoms with E-state index in [9.17, 15) is 12.8 Å². The Balaban J connectivity index is 3.41. The highest BCUT2D eigenvalue weighted by molar-refractivity contribution is 9.09. The van der Waals surface area contributed by atoms with E-state index in [1.807, 2.05) is 0 Å². The van der Waals surface area contributed by atoms with Crippen LogP contribution in [0, 0.1) is 5.82 Å². The van der Waals surface area contributed by atoms with Gasteiger partial charge in [0.05, 0.1) is 10.0 Å². The third kappa shape index (κ3) is 3.24. The van der Waals surface area contributed by atoms with Crippen LogP contribution in [0.4, 0.5) is 4.39 Å². The van der Waals surface area contributed by atoms with Crippen LogP contribution in [0.3, 0.4) is 0 Å². The molecule has 1 rings (SSSR count). The van der Waals surface area contributed by atoms with Crippen LogP contribution in [-0.4, -0.2) is 30.6 Å². The first kappa shape index (κ1) is 17.2. The summed E-state index contributed by atoms with van der Waals surface area (Å²) in [5, 5.41) is -0.292. The van der Waals surface area contributed by atoms with Gasteiger partial charge in [0.15, 0.2) is 5.82 Å². The van der Waals surface area contributed by atoms with Crippen molar-refractivity contribution in [2.24, 2.45) is 0 Å². The molecule has 0 heterocycles. The molecule has 0 aliphatic heterocycles. The number of rotatable bonds is 4. The van der Waals surface area contributed by atoms with Crippen molar-refractivity contribution in [2.75, 3.05) is 12.4 Å². The van der Waals surface area contributed by atoms with Gasteiger partial charge >= 0.3 is 0 Å². The van der Waals surface area contributed by atoms with Gasteiger partial charge in [-0.05, 0) is 26.0 Å². The first-order valence-electron chi connectivity index (χ1n) is 5.24. The second kappa shape index (κ2) is 5.85. The molecule has 0 saturated heterocycles. The van der Waals surface area contributed by atoms with Crippen LogP contribution >= 0.6 is 39.1 Å². The van der Waals surface area contributed by atoms with Crippen molar-refractivity contribution in [1.29, 1.82) is 0 Å². The minimum Gasteiger partial charge on any atom is -0.207 e. The molecule has 0 aliphatic rings. The molecule has 8 heteroatoms. The average Bonchev–Trinajstić information content (AvgIpc) is 2.34. The normalized spacial score (nSPS) is 13.1. The highest BCUT2D eigenvalue weighted by Crippen LogP contribution is 2.33. The van der Waals surface area contributed by atoms with Crippen molar-refractivity contribution in [3.8, 4) is 0 Å². The summed E-state index contributed by atoms with van der Waals surface area (Å²) in [7, 11) is -2.49. The molecule has 0 spiro atoms. The van der Waals surface area contributed by atoms with Crippen LogP contribution < -0.4 is 0 Å². The fraction of sp³-hybridized carbons (Fsp3) is 0.455. The topological polar surface area (TPSA) is 37.4 Å². The lowest BCUT2D eigenvalue weighted by Crippen LogP contribution is -2.46. The Morgan fingerprint density at radius 3 is 2.37 bits per heavy atom. The molecule has 0 fully saturated rings. The van der Waals surface area contributed by atoms with E-state index in [2.05, 4.69) is 15.9 Å². The molecule has 0 atom stereocenters. The number of hydrogen-bond acceptors (Lipinski definition) is 2. The van der Waals surface area contributed by atoms with Crippen molar-refractivity contribution in [3.05, 3.63) is 28.0 Å². The maximum atomic E-state index is 13.6. The summed E-state index contributed by atoms with van der Waals surface area (Å²) in [6.45, 7) is 3.47.